The highest BCUT2D eigenvalue weighted by molar-refractivity contribution is 7.89. The van der Waals surface area contributed by atoms with E-state index in [2.05, 4.69) is 0 Å². The largest absolute Gasteiger partial charge is 0.495 e. The Bertz CT molecular complexity index is 564. The fourth-order valence-corrected chi connectivity index (χ4v) is 4.07. The highest BCUT2D eigenvalue weighted by Gasteiger charge is 2.39. The van der Waals surface area contributed by atoms with Gasteiger partial charge in [-0.2, -0.15) is 4.31 Å². The predicted molar refractivity (Wildman–Crippen MR) is 80.8 cm³/mol. The monoisotopic (exact) mass is 320 g/mol. The Hall–Kier alpha value is -0.820. The molecule has 1 atom stereocenters. The van der Waals surface area contributed by atoms with Gasteiger partial charge < -0.3 is 10.5 Å². The van der Waals surface area contributed by atoms with Gasteiger partial charge in [-0.1, -0.05) is 19.1 Å². The summed E-state index contributed by atoms with van der Waals surface area (Å²) >= 11 is 0. The predicted octanol–water partition coefficient (Wildman–Crippen LogP) is 1.48. The van der Waals surface area contributed by atoms with Crippen molar-refractivity contribution >= 4 is 22.4 Å². The number of hydrogen-bond acceptors (Lipinski definition) is 4. The van der Waals surface area contributed by atoms with Gasteiger partial charge in [0.05, 0.1) is 7.11 Å². The fraction of sp³-hybridized carbons (Fsp3) is 0.538. The zero-order chi connectivity index (χ0) is 14.1. The Balaban J connectivity index is 0.00000200. The number of rotatable bonds is 4. The van der Waals surface area contributed by atoms with E-state index in [0.717, 1.165) is 6.42 Å². The Labute approximate surface area is 126 Å². The molecular weight excluding hydrogens is 300 g/mol. The summed E-state index contributed by atoms with van der Waals surface area (Å²) in [5.41, 5.74) is 5.59. The molecule has 0 spiro atoms. The van der Waals surface area contributed by atoms with Crippen LogP contribution in [-0.4, -0.2) is 39.5 Å². The molecule has 0 bridgehead atoms. The van der Waals surface area contributed by atoms with Gasteiger partial charge in [0.25, 0.3) is 0 Å². The summed E-state index contributed by atoms with van der Waals surface area (Å²) in [6, 6.07) is 6.69. The van der Waals surface area contributed by atoms with Crippen LogP contribution >= 0.6 is 12.4 Å². The van der Waals surface area contributed by atoms with E-state index in [1.54, 1.807) is 24.3 Å². The first-order valence-electron chi connectivity index (χ1n) is 6.26. The number of methoxy groups -OCH3 is 1. The average Bonchev–Trinajstić information content (AvgIpc) is 2.83. The average molecular weight is 321 g/mol. The molecule has 0 aliphatic carbocycles. The van der Waals surface area contributed by atoms with Gasteiger partial charge >= 0.3 is 0 Å². The van der Waals surface area contributed by atoms with Gasteiger partial charge in [-0.25, -0.2) is 8.42 Å². The van der Waals surface area contributed by atoms with E-state index in [1.165, 1.54) is 11.4 Å². The number of sulfonamides is 1. The summed E-state index contributed by atoms with van der Waals surface area (Å²) < 4.78 is 31.9. The summed E-state index contributed by atoms with van der Waals surface area (Å²) in [5.74, 6) is 0.379. The Morgan fingerprint density at radius 3 is 2.60 bits per heavy atom. The van der Waals surface area contributed by atoms with Crippen LogP contribution in [0.5, 0.6) is 5.75 Å². The van der Waals surface area contributed by atoms with E-state index in [1.807, 2.05) is 6.92 Å². The second kappa shape index (κ2) is 6.30. The van der Waals surface area contributed by atoms with Gasteiger partial charge in [-0.05, 0) is 30.5 Å². The summed E-state index contributed by atoms with van der Waals surface area (Å²) in [6.07, 6.45) is 0.790. The van der Waals surface area contributed by atoms with Gasteiger partial charge in [0.15, 0.2) is 0 Å². The molecule has 0 saturated carbocycles. The van der Waals surface area contributed by atoms with Gasteiger partial charge in [-0.15, -0.1) is 12.4 Å². The molecule has 0 aromatic heterocycles. The van der Waals surface area contributed by atoms with Crippen LogP contribution < -0.4 is 10.5 Å². The standard InChI is InChI=1S/C13H20N2O3S.ClH/c1-13(9-14)7-8-15(10-13)19(16,17)12-6-4-3-5-11(12)18-2;/h3-6H,7-10,14H2,1-2H3;1H. The first kappa shape index (κ1) is 17.2. The molecule has 5 nitrogen and oxygen atoms in total. The van der Waals surface area contributed by atoms with Crippen molar-refractivity contribution in [1.82, 2.24) is 4.31 Å². The van der Waals surface area contributed by atoms with E-state index in [-0.39, 0.29) is 22.7 Å². The number of benzene rings is 1. The SMILES string of the molecule is COc1ccccc1S(=O)(=O)N1CCC(C)(CN)C1.Cl. The topological polar surface area (TPSA) is 72.6 Å². The number of nitrogens with zero attached hydrogens (tertiary/aromatic N) is 1. The number of para-hydroxylation sites is 1. The lowest BCUT2D eigenvalue weighted by molar-refractivity contribution is 0.348. The Kier molecular flexibility index (Phi) is 5.43. The van der Waals surface area contributed by atoms with Crippen molar-refractivity contribution in [3.8, 4) is 5.75 Å². The molecule has 2 rings (SSSR count). The van der Waals surface area contributed by atoms with Crippen molar-refractivity contribution in [3.05, 3.63) is 24.3 Å². The van der Waals surface area contributed by atoms with E-state index in [0.29, 0.717) is 25.4 Å². The third-order valence-electron chi connectivity index (χ3n) is 3.70. The van der Waals surface area contributed by atoms with E-state index < -0.39 is 10.0 Å². The van der Waals surface area contributed by atoms with Crippen LogP contribution in [0.2, 0.25) is 0 Å². The molecule has 7 heteroatoms. The van der Waals surface area contributed by atoms with Crippen LogP contribution in [0.4, 0.5) is 0 Å². The van der Waals surface area contributed by atoms with Crippen LogP contribution in [0.15, 0.2) is 29.2 Å². The van der Waals surface area contributed by atoms with Gasteiger partial charge in [-0.3, -0.25) is 0 Å². The molecule has 0 amide bonds. The first-order valence-corrected chi connectivity index (χ1v) is 7.70. The van der Waals surface area contributed by atoms with Crippen LogP contribution in [0.25, 0.3) is 0 Å². The zero-order valence-corrected chi connectivity index (χ0v) is 13.3. The molecule has 1 fully saturated rings. The van der Waals surface area contributed by atoms with Crippen molar-refractivity contribution in [1.29, 1.82) is 0 Å². The third kappa shape index (κ3) is 3.09. The molecule has 1 aliphatic heterocycles. The lowest BCUT2D eigenvalue weighted by Gasteiger charge is -2.22. The van der Waals surface area contributed by atoms with Crippen molar-refractivity contribution in [2.75, 3.05) is 26.7 Å². The first-order chi connectivity index (χ1) is 8.93. The molecule has 2 N–H and O–H groups in total. The smallest absolute Gasteiger partial charge is 0.246 e. The van der Waals surface area contributed by atoms with Gasteiger partial charge in [0, 0.05) is 13.1 Å². The third-order valence-corrected chi connectivity index (χ3v) is 5.59. The maximum Gasteiger partial charge on any atom is 0.246 e. The normalized spacial score (nSPS) is 23.4. The van der Waals surface area contributed by atoms with Crippen LogP contribution in [-0.2, 0) is 10.0 Å². The minimum absolute atomic E-state index is 0. The summed E-state index contributed by atoms with van der Waals surface area (Å²) in [6.45, 7) is 3.48. The summed E-state index contributed by atoms with van der Waals surface area (Å²) in [7, 11) is -2.04. The highest BCUT2D eigenvalue weighted by Crippen LogP contribution is 2.34. The molecule has 1 unspecified atom stereocenters. The van der Waals surface area contributed by atoms with Crippen LogP contribution in [0.1, 0.15) is 13.3 Å². The van der Waals surface area contributed by atoms with E-state index in [4.69, 9.17) is 10.5 Å². The second-order valence-corrected chi connectivity index (χ2v) is 7.16. The maximum absolute atomic E-state index is 12.6. The summed E-state index contributed by atoms with van der Waals surface area (Å²) in [4.78, 5) is 0.221. The number of ether oxygens (including phenoxy) is 1. The lowest BCUT2D eigenvalue weighted by atomic mass is 9.90. The molecule has 114 valence electrons. The van der Waals surface area contributed by atoms with E-state index in [9.17, 15) is 8.42 Å². The van der Waals surface area contributed by atoms with Crippen molar-refractivity contribution in [2.45, 2.75) is 18.2 Å². The fourth-order valence-electron chi connectivity index (χ4n) is 2.32. The van der Waals surface area contributed by atoms with Crippen molar-refractivity contribution in [3.63, 3.8) is 0 Å². The number of halogens is 1. The molecule has 0 radical (unpaired) electrons. The second-order valence-electron chi connectivity index (χ2n) is 5.25. The van der Waals surface area contributed by atoms with Crippen LogP contribution in [0, 0.1) is 5.41 Å². The quantitative estimate of drug-likeness (QED) is 0.912. The molecule has 1 aromatic rings. The lowest BCUT2D eigenvalue weighted by Crippen LogP contribution is -2.34. The zero-order valence-electron chi connectivity index (χ0n) is 11.7. The molecule has 1 aromatic carbocycles. The minimum Gasteiger partial charge on any atom is -0.495 e. The summed E-state index contributed by atoms with van der Waals surface area (Å²) in [5, 5.41) is 0. The van der Waals surface area contributed by atoms with Crippen LogP contribution in [0.3, 0.4) is 0 Å². The molecule has 20 heavy (non-hydrogen) atoms. The van der Waals surface area contributed by atoms with Crippen molar-refractivity contribution < 1.29 is 13.2 Å². The highest BCUT2D eigenvalue weighted by atomic mass is 35.5. The molecular formula is C13H21ClN2O3S. The molecule has 1 saturated heterocycles. The minimum atomic E-state index is -3.51. The number of nitrogens with two attached hydrogens (primary N) is 1. The van der Waals surface area contributed by atoms with Gasteiger partial charge in [0.1, 0.15) is 10.6 Å². The Morgan fingerprint density at radius 1 is 1.40 bits per heavy atom. The Morgan fingerprint density at radius 2 is 2.05 bits per heavy atom. The maximum atomic E-state index is 12.6. The molecule has 1 heterocycles. The van der Waals surface area contributed by atoms with Gasteiger partial charge in [0.2, 0.25) is 10.0 Å². The van der Waals surface area contributed by atoms with E-state index >= 15 is 0 Å². The number of hydrogen-bond donors (Lipinski definition) is 1. The van der Waals surface area contributed by atoms with Crippen molar-refractivity contribution in [2.24, 2.45) is 11.1 Å². The molecule has 1 aliphatic rings.